The van der Waals surface area contributed by atoms with Crippen molar-refractivity contribution in [3.05, 3.63) is 29.8 Å². The maximum absolute atomic E-state index is 8.40. The van der Waals surface area contributed by atoms with Gasteiger partial charge >= 0.3 is 0 Å². The van der Waals surface area contributed by atoms with E-state index in [0.717, 1.165) is 5.56 Å². The molecule has 0 N–H and O–H groups in total. The lowest BCUT2D eigenvalue weighted by Gasteiger charge is -2.36. The summed E-state index contributed by atoms with van der Waals surface area (Å²) in [5.74, 6) is 0.563. The topological polar surface area (TPSA) is 42.2 Å². The summed E-state index contributed by atoms with van der Waals surface area (Å²) >= 11 is 0. The Morgan fingerprint density at radius 3 is 2.17 bits per heavy atom. The Morgan fingerprint density at radius 2 is 1.72 bits per heavy atom. The van der Waals surface area contributed by atoms with Crippen molar-refractivity contribution >= 4 is 8.32 Å². The zero-order valence-electron chi connectivity index (χ0n) is 11.8. The van der Waals surface area contributed by atoms with Crippen LogP contribution in [0.15, 0.2) is 24.3 Å². The maximum atomic E-state index is 8.40. The minimum absolute atomic E-state index is 0.219. The molecule has 0 atom stereocenters. The van der Waals surface area contributed by atoms with E-state index in [0.29, 0.717) is 12.4 Å². The molecule has 18 heavy (non-hydrogen) atoms. The molecule has 0 saturated heterocycles. The molecule has 1 rings (SSSR count). The van der Waals surface area contributed by atoms with Crippen LogP contribution in [0, 0.1) is 11.5 Å². The molecule has 1 aromatic rings. The van der Waals surface area contributed by atoms with E-state index in [2.05, 4.69) is 33.9 Å². The highest BCUT2D eigenvalue weighted by atomic mass is 28.4. The van der Waals surface area contributed by atoms with Crippen molar-refractivity contribution in [2.24, 2.45) is 0 Å². The van der Waals surface area contributed by atoms with Crippen LogP contribution >= 0.6 is 0 Å². The molecular formula is C14H21NO2Si. The van der Waals surface area contributed by atoms with E-state index >= 15 is 0 Å². The largest absolute Gasteiger partial charge is 0.413 e. The van der Waals surface area contributed by atoms with Gasteiger partial charge < -0.3 is 9.16 Å². The Bertz CT molecular complexity index is 427. The zero-order chi connectivity index (χ0) is 13.8. The highest BCUT2D eigenvalue weighted by Crippen LogP contribution is 2.37. The molecule has 4 heteroatoms. The molecule has 1 aromatic carbocycles. The van der Waals surface area contributed by atoms with Gasteiger partial charge in [0.25, 0.3) is 6.26 Å². The number of rotatable bonds is 4. The number of nitrogens with zero attached hydrogens (tertiary/aromatic N) is 1. The van der Waals surface area contributed by atoms with E-state index in [1.54, 1.807) is 18.4 Å². The Balaban J connectivity index is 2.62. The highest BCUT2D eigenvalue weighted by molar-refractivity contribution is 6.74. The lowest BCUT2D eigenvalue weighted by Crippen LogP contribution is -2.40. The molecule has 0 amide bonds. The first-order valence-corrected chi connectivity index (χ1v) is 8.96. The summed E-state index contributed by atoms with van der Waals surface area (Å²) in [6.07, 6.45) is 1.66. The van der Waals surface area contributed by atoms with Crippen LogP contribution in [-0.2, 0) is 11.0 Å². The minimum atomic E-state index is -1.70. The molecule has 0 aliphatic heterocycles. The Morgan fingerprint density at radius 1 is 1.17 bits per heavy atom. The number of ether oxygens (including phenoxy) is 1. The van der Waals surface area contributed by atoms with Crippen LogP contribution in [0.5, 0.6) is 5.75 Å². The predicted molar refractivity (Wildman–Crippen MR) is 74.7 cm³/mol. The van der Waals surface area contributed by atoms with Crippen molar-refractivity contribution in [1.29, 1.82) is 5.26 Å². The van der Waals surface area contributed by atoms with Crippen LogP contribution in [0.1, 0.15) is 26.3 Å². The van der Waals surface area contributed by atoms with E-state index in [1.807, 2.05) is 12.1 Å². The third-order valence-electron chi connectivity index (χ3n) is 3.49. The summed E-state index contributed by atoms with van der Waals surface area (Å²) < 4.78 is 10.8. The zero-order valence-corrected chi connectivity index (χ0v) is 12.8. The SMILES string of the molecule is CC(C)(C)[Si](C)(C)OCc1ccc(OC#N)cc1. The molecule has 0 unspecified atom stereocenters. The molecule has 0 aliphatic rings. The fourth-order valence-corrected chi connectivity index (χ4v) is 2.15. The average molecular weight is 263 g/mol. The first kappa shape index (κ1) is 14.7. The van der Waals surface area contributed by atoms with Gasteiger partial charge in [-0.15, -0.1) is 5.26 Å². The van der Waals surface area contributed by atoms with Crippen molar-refractivity contribution < 1.29 is 9.16 Å². The number of hydrogen-bond acceptors (Lipinski definition) is 3. The number of nitriles is 1. The summed E-state index contributed by atoms with van der Waals surface area (Å²) in [7, 11) is -1.70. The van der Waals surface area contributed by atoms with Gasteiger partial charge in [-0.2, -0.15) is 0 Å². The molecule has 3 nitrogen and oxygen atoms in total. The molecule has 0 aliphatic carbocycles. The number of hydrogen-bond donors (Lipinski definition) is 0. The molecule has 0 radical (unpaired) electrons. The molecule has 0 heterocycles. The third kappa shape index (κ3) is 3.86. The van der Waals surface area contributed by atoms with Crippen molar-refractivity contribution in [3.8, 4) is 12.0 Å². The third-order valence-corrected chi connectivity index (χ3v) is 7.97. The van der Waals surface area contributed by atoms with Gasteiger partial charge in [-0.1, -0.05) is 32.9 Å². The Hall–Kier alpha value is -1.31. The second-order valence-corrected chi connectivity index (χ2v) is 10.7. The molecule has 0 bridgehead atoms. The normalized spacial score (nSPS) is 12.0. The molecule has 0 saturated carbocycles. The molecule has 0 fully saturated rings. The van der Waals surface area contributed by atoms with Crippen LogP contribution in [0.3, 0.4) is 0 Å². The number of benzene rings is 1. The van der Waals surface area contributed by atoms with Gasteiger partial charge in [-0.3, -0.25) is 0 Å². The van der Waals surface area contributed by atoms with Gasteiger partial charge in [0, 0.05) is 0 Å². The molecule has 0 spiro atoms. The summed E-state index contributed by atoms with van der Waals surface area (Å²) in [4.78, 5) is 0. The summed E-state index contributed by atoms with van der Waals surface area (Å²) in [6, 6.07) is 7.43. The lowest BCUT2D eigenvalue weighted by molar-refractivity contribution is 0.276. The summed E-state index contributed by atoms with van der Waals surface area (Å²) in [5, 5.41) is 8.62. The smallest absolute Gasteiger partial charge is 0.292 e. The van der Waals surface area contributed by atoms with Gasteiger partial charge in [-0.25, -0.2) is 0 Å². The maximum Gasteiger partial charge on any atom is 0.292 e. The van der Waals surface area contributed by atoms with Crippen molar-refractivity contribution in [2.45, 2.75) is 45.5 Å². The fourth-order valence-electron chi connectivity index (χ4n) is 1.19. The van der Waals surface area contributed by atoms with Gasteiger partial charge in [0.2, 0.25) is 0 Å². The summed E-state index contributed by atoms with van der Waals surface area (Å²) in [6.45, 7) is 11.8. The van der Waals surface area contributed by atoms with E-state index in [-0.39, 0.29) is 5.04 Å². The van der Waals surface area contributed by atoms with E-state index in [1.165, 1.54) is 0 Å². The first-order valence-electron chi connectivity index (χ1n) is 6.05. The van der Waals surface area contributed by atoms with Gasteiger partial charge in [0.05, 0.1) is 6.61 Å². The molecular weight excluding hydrogens is 242 g/mol. The van der Waals surface area contributed by atoms with E-state index in [4.69, 9.17) is 14.4 Å². The Labute approximate surface area is 110 Å². The average Bonchev–Trinajstić information content (AvgIpc) is 2.27. The standard InChI is InChI=1S/C14H21NO2Si/c1-14(2,3)18(4,5)17-10-12-6-8-13(9-7-12)16-11-15/h6-9H,10H2,1-5H3. The van der Waals surface area contributed by atoms with E-state index < -0.39 is 8.32 Å². The monoisotopic (exact) mass is 263 g/mol. The summed E-state index contributed by atoms with van der Waals surface area (Å²) in [5.41, 5.74) is 1.10. The van der Waals surface area contributed by atoms with Crippen LogP contribution in [-0.4, -0.2) is 8.32 Å². The van der Waals surface area contributed by atoms with Crippen LogP contribution in [0.4, 0.5) is 0 Å². The lowest BCUT2D eigenvalue weighted by atomic mass is 10.2. The second-order valence-electron chi connectivity index (χ2n) is 5.89. The molecule has 98 valence electrons. The van der Waals surface area contributed by atoms with E-state index in [9.17, 15) is 0 Å². The predicted octanol–water partition coefficient (Wildman–Crippen LogP) is 4.07. The van der Waals surface area contributed by atoms with Gasteiger partial charge in [-0.05, 0) is 35.8 Å². The fraction of sp³-hybridized carbons (Fsp3) is 0.500. The van der Waals surface area contributed by atoms with Crippen molar-refractivity contribution in [1.82, 2.24) is 0 Å². The minimum Gasteiger partial charge on any atom is -0.413 e. The van der Waals surface area contributed by atoms with Crippen LogP contribution in [0.2, 0.25) is 18.1 Å². The Kier molecular flexibility index (Phi) is 4.55. The van der Waals surface area contributed by atoms with Gasteiger partial charge in [0.15, 0.2) is 8.32 Å². The van der Waals surface area contributed by atoms with Gasteiger partial charge in [0.1, 0.15) is 5.75 Å². The van der Waals surface area contributed by atoms with Crippen LogP contribution < -0.4 is 4.74 Å². The van der Waals surface area contributed by atoms with Crippen molar-refractivity contribution in [3.63, 3.8) is 0 Å². The highest BCUT2D eigenvalue weighted by Gasteiger charge is 2.36. The van der Waals surface area contributed by atoms with Crippen LogP contribution in [0.25, 0.3) is 0 Å². The van der Waals surface area contributed by atoms with Crippen molar-refractivity contribution in [2.75, 3.05) is 0 Å². The second kappa shape index (κ2) is 5.55. The molecule has 0 aromatic heterocycles. The quantitative estimate of drug-likeness (QED) is 0.607. The first-order chi connectivity index (χ1) is 8.26.